The van der Waals surface area contributed by atoms with Gasteiger partial charge in [-0.3, -0.25) is 14.5 Å². The van der Waals surface area contributed by atoms with Crippen LogP contribution < -0.4 is 10.2 Å². The standard InChI is InChI=1S/C26H25N3O2S/c1-3-18-9-11-21(12-10-18)29-23(30)22-15-20-13-14-32-24(20)28(22)17-26(29,2)25(31)27-16-19-7-5-4-6-8-19/h4-15H,3,16-17H2,1-2H3,(H,27,31). The predicted octanol–water partition coefficient (Wildman–Crippen LogP) is 5.00. The van der Waals surface area contributed by atoms with Crippen LogP contribution in [0.2, 0.25) is 0 Å². The van der Waals surface area contributed by atoms with E-state index < -0.39 is 5.54 Å². The molecule has 2 aromatic carbocycles. The van der Waals surface area contributed by atoms with Gasteiger partial charge in [0.25, 0.3) is 5.91 Å². The van der Waals surface area contributed by atoms with Crippen molar-refractivity contribution in [2.75, 3.05) is 4.90 Å². The summed E-state index contributed by atoms with van der Waals surface area (Å²) in [5.74, 6) is -0.320. The number of amides is 2. The number of nitrogens with one attached hydrogen (secondary N) is 1. The average molecular weight is 444 g/mol. The second-order valence-electron chi connectivity index (χ2n) is 8.40. The summed E-state index contributed by atoms with van der Waals surface area (Å²) < 4.78 is 2.00. The summed E-state index contributed by atoms with van der Waals surface area (Å²) in [6.07, 6.45) is 0.919. The van der Waals surface area contributed by atoms with Crippen LogP contribution in [0.1, 0.15) is 35.5 Å². The Morgan fingerprint density at radius 3 is 2.53 bits per heavy atom. The van der Waals surface area contributed by atoms with E-state index in [0.717, 1.165) is 27.9 Å². The van der Waals surface area contributed by atoms with E-state index in [1.54, 1.807) is 16.2 Å². The summed E-state index contributed by atoms with van der Waals surface area (Å²) in [5.41, 5.74) is 2.51. The molecule has 1 N–H and O–H groups in total. The van der Waals surface area contributed by atoms with E-state index in [9.17, 15) is 9.59 Å². The molecule has 2 aromatic heterocycles. The first kappa shape index (κ1) is 20.5. The molecule has 2 amide bonds. The van der Waals surface area contributed by atoms with Crippen LogP contribution in [-0.2, 0) is 24.3 Å². The molecule has 1 aliphatic rings. The number of benzene rings is 2. The fourth-order valence-corrected chi connectivity index (χ4v) is 5.35. The SMILES string of the molecule is CCc1ccc(N2C(=O)c3cc4ccsc4n3CC2(C)C(=O)NCc2ccccc2)cc1. The van der Waals surface area contributed by atoms with Crippen LogP contribution in [0, 0.1) is 0 Å². The second kappa shape index (κ2) is 7.95. The predicted molar refractivity (Wildman–Crippen MR) is 129 cm³/mol. The quantitative estimate of drug-likeness (QED) is 0.472. The number of aromatic nitrogens is 1. The second-order valence-corrected chi connectivity index (χ2v) is 9.29. The van der Waals surface area contributed by atoms with E-state index in [2.05, 4.69) is 12.2 Å². The highest BCUT2D eigenvalue weighted by molar-refractivity contribution is 7.16. The van der Waals surface area contributed by atoms with Crippen LogP contribution in [0.25, 0.3) is 10.2 Å². The Balaban J connectivity index is 1.56. The molecular weight excluding hydrogens is 418 g/mol. The van der Waals surface area contributed by atoms with Gasteiger partial charge >= 0.3 is 0 Å². The van der Waals surface area contributed by atoms with Crippen LogP contribution >= 0.6 is 11.3 Å². The van der Waals surface area contributed by atoms with Gasteiger partial charge in [-0.1, -0.05) is 49.4 Å². The van der Waals surface area contributed by atoms with Gasteiger partial charge in [-0.05, 0) is 54.1 Å². The summed E-state index contributed by atoms with van der Waals surface area (Å²) in [7, 11) is 0. The third kappa shape index (κ3) is 3.31. The zero-order chi connectivity index (χ0) is 22.3. The molecule has 162 valence electrons. The number of anilines is 1. The van der Waals surface area contributed by atoms with Crippen molar-refractivity contribution in [1.29, 1.82) is 0 Å². The number of fused-ring (bicyclic) bond motifs is 3. The van der Waals surface area contributed by atoms with Gasteiger partial charge in [0.05, 0.1) is 6.54 Å². The molecule has 0 aliphatic carbocycles. The summed E-state index contributed by atoms with van der Waals surface area (Å²) in [6.45, 7) is 4.77. The van der Waals surface area contributed by atoms with Gasteiger partial charge in [0.2, 0.25) is 5.91 Å². The molecule has 0 saturated carbocycles. The van der Waals surface area contributed by atoms with Crippen molar-refractivity contribution in [3.05, 3.63) is 88.9 Å². The van der Waals surface area contributed by atoms with Crippen LogP contribution in [0.5, 0.6) is 0 Å². The number of rotatable bonds is 5. The van der Waals surface area contributed by atoms with Gasteiger partial charge in [0.15, 0.2) is 0 Å². The first-order chi connectivity index (χ1) is 15.5. The maximum atomic E-state index is 13.8. The minimum absolute atomic E-state index is 0.152. The summed E-state index contributed by atoms with van der Waals surface area (Å²) >= 11 is 1.60. The van der Waals surface area contributed by atoms with Crippen molar-refractivity contribution in [2.24, 2.45) is 0 Å². The molecule has 3 heterocycles. The minimum atomic E-state index is -1.07. The summed E-state index contributed by atoms with van der Waals surface area (Å²) in [4.78, 5) is 30.1. The van der Waals surface area contributed by atoms with Crippen LogP contribution in [-0.4, -0.2) is 21.9 Å². The molecule has 0 spiro atoms. The van der Waals surface area contributed by atoms with Crippen LogP contribution in [0.15, 0.2) is 72.1 Å². The Labute approximate surface area is 191 Å². The highest BCUT2D eigenvalue weighted by Gasteiger charge is 2.48. The lowest BCUT2D eigenvalue weighted by molar-refractivity contribution is -0.126. The fourth-order valence-electron chi connectivity index (χ4n) is 4.45. The van der Waals surface area contributed by atoms with Crippen molar-refractivity contribution in [3.8, 4) is 0 Å². The Kier molecular flexibility index (Phi) is 5.10. The number of hydrogen-bond donors (Lipinski definition) is 1. The average Bonchev–Trinajstić information content (AvgIpc) is 3.41. The number of hydrogen-bond acceptors (Lipinski definition) is 3. The molecule has 5 nitrogen and oxygen atoms in total. The first-order valence-corrected chi connectivity index (χ1v) is 11.7. The smallest absolute Gasteiger partial charge is 0.275 e. The molecule has 32 heavy (non-hydrogen) atoms. The monoisotopic (exact) mass is 443 g/mol. The number of thiophene rings is 1. The summed E-state index contributed by atoms with van der Waals surface area (Å²) in [6, 6.07) is 21.7. The van der Waals surface area contributed by atoms with E-state index in [1.807, 2.05) is 83.6 Å². The van der Waals surface area contributed by atoms with Gasteiger partial charge < -0.3 is 9.88 Å². The number of nitrogens with zero attached hydrogens (tertiary/aromatic N) is 2. The molecule has 0 radical (unpaired) electrons. The van der Waals surface area contributed by atoms with Crippen molar-refractivity contribution in [2.45, 2.75) is 38.9 Å². The topological polar surface area (TPSA) is 54.3 Å². The lowest BCUT2D eigenvalue weighted by Gasteiger charge is -2.44. The van der Waals surface area contributed by atoms with E-state index in [0.29, 0.717) is 18.8 Å². The molecule has 0 fully saturated rings. The Hall–Kier alpha value is -3.38. The van der Waals surface area contributed by atoms with E-state index in [4.69, 9.17) is 0 Å². The zero-order valence-corrected chi connectivity index (χ0v) is 19.0. The van der Waals surface area contributed by atoms with Gasteiger partial charge in [-0.25, -0.2) is 0 Å². The Bertz CT molecular complexity index is 1290. The Morgan fingerprint density at radius 1 is 1.06 bits per heavy atom. The first-order valence-electron chi connectivity index (χ1n) is 10.8. The molecule has 0 saturated heterocycles. The lowest BCUT2D eigenvalue weighted by atomic mass is 9.93. The zero-order valence-electron chi connectivity index (χ0n) is 18.2. The molecule has 6 heteroatoms. The normalized spacial score (nSPS) is 18.1. The number of aryl methyl sites for hydroxylation is 1. The molecule has 1 unspecified atom stereocenters. The number of carbonyl (C=O) groups excluding carboxylic acids is 2. The largest absolute Gasteiger partial charge is 0.350 e. The molecule has 5 rings (SSSR count). The molecular formula is C26H25N3O2S. The van der Waals surface area contributed by atoms with Gasteiger partial charge in [0, 0.05) is 17.6 Å². The highest BCUT2D eigenvalue weighted by Crippen LogP contribution is 2.37. The molecule has 1 atom stereocenters. The van der Waals surface area contributed by atoms with Crippen molar-refractivity contribution < 1.29 is 9.59 Å². The van der Waals surface area contributed by atoms with Crippen LogP contribution in [0.3, 0.4) is 0 Å². The van der Waals surface area contributed by atoms with E-state index in [1.165, 1.54) is 5.56 Å². The molecule has 1 aliphatic heterocycles. The maximum Gasteiger partial charge on any atom is 0.275 e. The Morgan fingerprint density at radius 2 is 1.81 bits per heavy atom. The van der Waals surface area contributed by atoms with Gasteiger partial charge in [-0.15, -0.1) is 11.3 Å². The fraction of sp³-hybridized carbons (Fsp3) is 0.231. The van der Waals surface area contributed by atoms with Crippen molar-refractivity contribution in [1.82, 2.24) is 9.88 Å². The van der Waals surface area contributed by atoms with Crippen molar-refractivity contribution in [3.63, 3.8) is 0 Å². The third-order valence-corrected chi connectivity index (χ3v) is 7.22. The minimum Gasteiger partial charge on any atom is -0.350 e. The summed E-state index contributed by atoms with van der Waals surface area (Å²) in [5, 5.41) is 6.13. The van der Waals surface area contributed by atoms with Crippen LogP contribution in [0.4, 0.5) is 5.69 Å². The highest BCUT2D eigenvalue weighted by atomic mass is 32.1. The maximum absolute atomic E-state index is 13.8. The third-order valence-electron chi connectivity index (χ3n) is 6.27. The number of carbonyl (C=O) groups is 2. The van der Waals surface area contributed by atoms with Gasteiger partial charge in [-0.2, -0.15) is 0 Å². The molecule has 4 aromatic rings. The lowest BCUT2D eigenvalue weighted by Crippen LogP contribution is -2.64. The van der Waals surface area contributed by atoms with Crippen molar-refractivity contribution >= 4 is 39.1 Å². The van der Waals surface area contributed by atoms with E-state index in [-0.39, 0.29) is 11.8 Å². The molecule has 0 bridgehead atoms. The van der Waals surface area contributed by atoms with E-state index >= 15 is 0 Å². The van der Waals surface area contributed by atoms with Gasteiger partial charge in [0.1, 0.15) is 16.1 Å².